The summed E-state index contributed by atoms with van der Waals surface area (Å²) < 4.78 is 13.5. The molecular weight excluding hydrogens is 245 g/mol. The number of hydrogen-bond donors (Lipinski definition) is 0. The molecule has 0 atom stereocenters. The number of carbonyl (C=O) groups excluding carboxylic acids is 2. The molecule has 0 bridgehead atoms. The molecule has 0 saturated carbocycles. The summed E-state index contributed by atoms with van der Waals surface area (Å²) in [5, 5.41) is 0. The molecule has 0 spiro atoms. The van der Waals surface area contributed by atoms with Gasteiger partial charge in [-0.1, -0.05) is 32.0 Å². The standard InChI is InChI=1S/C15H18FNO2/c1-15(2)10-17(8-7-13(15)18)14(19)9-11-5-3-4-6-12(11)16/h3-6H,7-10H2,1-2H3. The predicted molar refractivity (Wildman–Crippen MR) is 70.1 cm³/mol. The summed E-state index contributed by atoms with van der Waals surface area (Å²) in [5.41, 5.74) is -0.0921. The van der Waals surface area contributed by atoms with Crippen LogP contribution in [0.1, 0.15) is 25.8 Å². The molecule has 0 aromatic heterocycles. The fraction of sp³-hybridized carbons (Fsp3) is 0.467. The van der Waals surface area contributed by atoms with Gasteiger partial charge < -0.3 is 4.90 Å². The lowest BCUT2D eigenvalue weighted by Gasteiger charge is -2.36. The summed E-state index contributed by atoms with van der Waals surface area (Å²) in [6.45, 7) is 4.55. The normalized spacial score (nSPS) is 18.5. The molecule has 4 heteroatoms. The summed E-state index contributed by atoms with van der Waals surface area (Å²) in [6, 6.07) is 6.29. The summed E-state index contributed by atoms with van der Waals surface area (Å²) >= 11 is 0. The van der Waals surface area contributed by atoms with E-state index in [2.05, 4.69) is 0 Å². The third-order valence-corrected chi connectivity index (χ3v) is 3.60. The molecule has 1 aromatic rings. The SMILES string of the molecule is CC1(C)CN(C(=O)Cc2ccccc2F)CCC1=O. The van der Waals surface area contributed by atoms with Crippen LogP contribution in [0, 0.1) is 11.2 Å². The van der Waals surface area contributed by atoms with Gasteiger partial charge in [-0.2, -0.15) is 0 Å². The molecule has 1 aromatic carbocycles. The lowest BCUT2D eigenvalue weighted by atomic mass is 9.82. The quantitative estimate of drug-likeness (QED) is 0.820. The Morgan fingerprint density at radius 2 is 2.05 bits per heavy atom. The lowest BCUT2D eigenvalue weighted by molar-refractivity contribution is -0.140. The first-order chi connectivity index (χ1) is 8.90. The second-order valence-corrected chi connectivity index (χ2v) is 5.64. The van der Waals surface area contributed by atoms with E-state index < -0.39 is 5.41 Å². The zero-order valence-corrected chi connectivity index (χ0v) is 11.3. The van der Waals surface area contributed by atoms with Crippen molar-refractivity contribution in [1.29, 1.82) is 0 Å². The van der Waals surface area contributed by atoms with E-state index in [9.17, 15) is 14.0 Å². The van der Waals surface area contributed by atoms with Crippen LogP contribution in [-0.2, 0) is 16.0 Å². The number of likely N-dealkylation sites (tertiary alicyclic amines) is 1. The third kappa shape index (κ3) is 3.00. The zero-order chi connectivity index (χ0) is 14.0. The van der Waals surface area contributed by atoms with Crippen LogP contribution in [0.25, 0.3) is 0 Å². The summed E-state index contributed by atoms with van der Waals surface area (Å²) in [7, 11) is 0. The number of piperidine rings is 1. The molecule has 1 aliphatic heterocycles. The van der Waals surface area contributed by atoms with Crippen molar-refractivity contribution in [2.45, 2.75) is 26.7 Å². The number of ketones is 1. The smallest absolute Gasteiger partial charge is 0.227 e. The molecule has 1 amide bonds. The monoisotopic (exact) mass is 263 g/mol. The largest absolute Gasteiger partial charge is 0.341 e. The maximum absolute atomic E-state index is 13.5. The average molecular weight is 263 g/mol. The van der Waals surface area contributed by atoms with Crippen LogP contribution in [0.3, 0.4) is 0 Å². The minimum atomic E-state index is -0.497. The van der Waals surface area contributed by atoms with Crippen LogP contribution in [0.5, 0.6) is 0 Å². The van der Waals surface area contributed by atoms with Crippen LogP contribution in [0.2, 0.25) is 0 Å². The Morgan fingerprint density at radius 3 is 2.68 bits per heavy atom. The van der Waals surface area contributed by atoms with Gasteiger partial charge in [0.15, 0.2) is 0 Å². The van der Waals surface area contributed by atoms with Gasteiger partial charge in [-0.05, 0) is 11.6 Å². The maximum atomic E-state index is 13.5. The van der Waals surface area contributed by atoms with E-state index in [-0.39, 0.29) is 23.9 Å². The van der Waals surface area contributed by atoms with E-state index in [0.717, 1.165) is 0 Å². The van der Waals surface area contributed by atoms with Crippen LogP contribution < -0.4 is 0 Å². The fourth-order valence-electron chi connectivity index (χ4n) is 2.35. The van der Waals surface area contributed by atoms with Crippen molar-refractivity contribution in [1.82, 2.24) is 4.90 Å². The zero-order valence-electron chi connectivity index (χ0n) is 11.3. The summed E-state index contributed by atoms with van der Waals surface area (Å²) in [4.78, 5) is 25.5. The number of benzene rings is 1. The van der Waals surface area contributed by atoms with Crippen molar-refractivity contribution in [2.24, 2.45) is 5.41 Å². The second kappa shape index (κ2) is 5.11. The molecule has 1 aliphatic rings. The Labute approximate surface area is 112 Å². The Bertz CT molecular complexity index is 511. The van der Waals surface area contributed by atoms with E-state index >= 15 is 0 Å². The lowest BCUT2D eigenvalue weighted by Crippen LogP contribution is -2.49. The maximum Gasteiger partial charge on any atom is 0.227 e. The highest BCUT2D eigenvalue weighted by Crippen LogP contribution is 2.25. The number of nitrogens with zero attached hydrogens (tertiary/aromatic N) is 1. The van der Waals surface area contributed by atoms with Gasteiger partial charge in [0.05, 0.1) is 6.42 Å². The molecule has 3 nitrogen and oxygen atoms in total. The highest BCUT2D eigenvalue weighted by Gasteiger charge is 2.35. The molecule has 2 rings (SSSR count). The van der Waals surface area contributed by atoms with E-state index in [0.29, 0.717) is 25.1 Å². The van der Waals surface area contributed by atoms with Gasteiger partial charge in [-0.25, -0.2) is 4.39 Å². The first-order valence-electron chi connectivity index (χ1n) is 6.44. The highest BCUT2D eigenvalue weighted by molar-refractivity contribution is 5.88. The Morgan fingerprint density at radius 1 is 1.37 bits per heavy atom. The van der Waals surface area contributed by atoms with Crippen molar-refractivity contribution < 1.29 is 14.0 Å². The van der Waals surface area contributed by atoms with Gasteiger partial charge in [-0.15, -0.1) is 0 Å². The van der Waals surface area contributed by atoms with Crippen LogP contribution in [0.15, 0.2) is 24.3 Å². The average Bonchev–Trinajstić information content (AvgIpc) is 2.35. The molecule has 0 radical (unpaired) electrons. The number of carbonyl (C=O) groups is 2. The number of rotatable bonds is 2. The van der Waals surface area contributed by atoms with Gasteiger partial charge in [0.2, 0.25) is 5.91 Å². The second-order valence-electron chi connectivity index (χ2n) is 5.64. The predicted octanol–water partition coefficient (Wildman–Crippen LogP) is 2.20. The first kappa shape index (κ1) is 13.7. The van der Waals surface area contributed by atoms with Crippen molar-refractivity contribution in [3.63, 3.8) is 0 Å². The third-order valence-electron chi connectivity index (χ3n) is 3.60. The topological polar surface area (TPSA) is 37.4 Å². The van der Waals surface area contributed by atoms with E-state index in [1.807, 2.05) is 13.8 Å². The highest BCUT2D eigenvalue weighted by atomic mass is 19.1. The Balaban J connectivity index is 2.05. The molecule has 1 fully saturated rings. The number of hydrogen-bond acceptors (Lipinski definition) is 2. The molecule has 1 saturated heterocycles. The van der Waals surface area contributed by atoms with E-state index in [1.165, 1.54) is 6.07 Å². The fourth-order valence-corrected chi connectivity index (χ4v) is 2.35. The van der Waals surface area contributed by atoms with Crippen molar-refractivity contribution in [3.05, 3.63) is 35.6 Å². The van der Waals surface area contributed by atoms with Gasteiger partial charge >= 0.3 is 0 Å². The van der Waals surface area contributed by atoms with Crippen molar-refractivity contribution in [3.8, 4) is 0 Å². The van der Waals surface area contributed by atoms with Crippen molar-refractivity contribution >= 4 is 11.7 Å². The van der Waals surface area contributed by atoms with Gasteiger partial charge in [0.25, 0.3) is 0 Å². The van der Waals surface area contributed by atoms with E-state index in [1.54, 1.807) is 23.1 Å². The number of amides is 1. The Hall–Kier alpha value is -1.71. The van der Waals surface area contributed by atoms with Crippen LogP contribution in [0.4, 0.5) is 4.39 Å². The number of Topliss-reactive ketones (excluding diaryl/α,β-unsaturated/α-hetero) is 1. The minimum absolute atomic E-state index is 0.0525. The number of halogens is 1. The minimum Gasteiger partial charge on any atom is -0.341 e. The summed E-state index contributed by atoms with van der Waals surface area (Å²) in [6.07, 6.45) is 0.437. The molecular formula is C15H18FNO2. The van der Waals surface area contributed by atoms with Crippen LogP contribution in [-0.4, -0.2) is 29.7 Å². The molecule has 0 N–H and O–H groups in total. The van der Waals surface area contributed by atoms with Crippen molar-refractivity contribution in [2.75, 3.05) is 13.1 Å². The molecule has 0 unspecified atom stereocenters. The summed E-state index contributed by atoms with van der Waals surface area (Å²) in [5.74, 6) is -0.295. The van der Waals surface area contributed by atoms with Gasteiger partial charge in [0.1, 0.15) is 11.6 Å². The molecule has 0 aliphatic carbocycles. The van der Waals surface area contributed by atoms with Crippen LogP contribution >= 0.6 is 0 Å². The molecule has 102 valence electrons. The Kier molecular flexibility index (Phi) is 3.69. The van der Waals surface area contributed by atoms with Gasteiger partial charge in [0, 0.05) is 24.9 Å². The molecule has 1 heterocycles. The van der Waals surface area contributed by atoms with Gasteiger partial charge in [-0.3, -0.25) is 9.59 Å². The van der Waals surface area contributed by atoms with E-state index in [4.69, 9.17) is 0 Å². The first-order valence-corrected chi connectivity index (χ1v) is 6.44. The molecule has 19 heavy (non-hydrogen) atoms.